The Kier molecular flexibility index (Phi) is 6.43. The Bertz CT molecular complexity index is 1010. The maximum atomic E-state index is 9.12. The van der Waals surface area contributed by atoms with Crippen LogP contribution in [0.15, 0.2) is 36.4 Å². The molecule has 0 saturated heterocycles. The molecule has 1 heterocycles. The summed E-state index contributed by atoms with van der Waals surface area (Å²) in [4.78, 5) is 4.63. The largest absolute Gasteiger partial charge is 0.248 e. The molecular formula is C19H8Cl6N2. The summed E-state index contributed by atoms with van der Waals surface area (Å²) in [7, 11) is 0. The SMILES string of the molecule is N#CCc1cc(-c2cc(Cl)cc(Cl)c2Cl)nc(-c2cc(Cl)cc(Cl)c2Cl)c1. The molecule has 0 fully saturated rings. The second-order valence-electron chi connectivity index (χ2n) is 5.58. The van der Waals surface area contributed by atoms with Crippen LogP contribution in [0.1, 0.15) is 5.56 Å². The van der Waals surface area contributed by atoms with Gasteiger partial charge in [0.25, 0.3) is 0 Å². The molecule has 1 aromatic heterocycles. The minimum atomic E-state index is 0.167. The molecule has 0 aliphatic rings. The van der Waals surface area contributed by atoms with Gasteiger partial charge in [-0.05, 0) is 42.0 Å². The van der Waals surface area contributed by atoms with Crippen LogP contribution in [-0.2, 0) is 6.42 Å². The Balaban J connectivity index is 2.29. The van der Waals surface area contributed by atoms with E-state index in [1.807, 2.05) is 0 Å². The van der Waals surface area contributed by atoms with E-state index < -0.39 is 0 Å². The first-order valence-corrected chi connectivity index (χ1v) is 9.74. The van der Waals surface area contributed by atoms with E-state index in [1.165, 1.54) is 0 Å². The van der Waals surface area contributed by atoms with E-state index in [-0.39, 0.29) is 6.42 Å². The summed E-state index contributed by atoms with van der Waals surface area (Å²) in [6.45, 7) is 0. The number of halogens is 6. The molecule has 0 N–H and O–H groups in total. The third-order valence-electron chi connectivity index (χ3n) is 3.71. The van der Waals surface area contributed by atoms with Crippen molar-refractivity contribution in [2.75, 3.05) is 0 Å². The van der Waals surface area contributed by atoms with Gasteiger partial charge in [0.1, 0.15) is 0 Å². The highest BCUT2D eigenvalue weighted by atomic mass is 35.5. The topological polar surface area (TPSA) is 36.7 Å². The standard InChI is InChI=1S/C19H8Cl6N2/c20-10-5-12(18(24)14(22)7-10)16-3-9(1-2-26)4-17(27-16)13-6-11(21)8-15(23)19(13)25/h3-8H,1H2. The summed E-state index contributed by atoms with van der Waals surface area (Å²) in [5.74, 6) is 0. The lowest BCUT2D eigenvalue weighted by Crippen LogP contribution is -1.95. The maximum absolute atomic E-state index is 9.12. The number of nitrogens with zero attached hydrogens (tertiary/aromatic N) is 2. The highest BCUT2D eigenvalue weighted by Crippen LogP contribution is 2.39. The number of nitriles is 1. The molecule has 3 aromatic rings. The van der Waals surface area contributed by atoms with Crippen molar-refractivity contribution in [3.05, 3.63) is 72.1 Å². The molecule has 2 aromatic carbocycles. The van der Waals surface area contributed by atoms with Crippen molar-refractivity contribution < 1.29 is 0 Å². The molecule has 27 heavy (non-hydrogen) atoms. The first-order valence-electron chi connectivity index (χ1n) is 7.48. The number of hydrogen-bond acceptors (Lipinski definition) is 2. The van der Waals surface area contributed by atoms with Gasteiger partial charge in [-0.1, -0.05) is 69.6 Å². The molecule has 8 heteroatoms. The molecule has 0 saturated carbocycles. The summed E-state index contributed by atoms with van der Waals surface area (Å²) in [6.07, 6.45) is 0.167. The fourth-order valence-electron chi connectivity index (χ4n) is 2.54. The van der Waals surface area contributed by atoms with E-state index in [0.717, 1.165) is 5.56 Å². The first-order chi connectivity index (χ1) is 12.8. The number of pyridine rings is 1. The Morgan fingerprint density at radius 1 is 0.704 bits per heavy atom. The van der Waals surface area contributed by atoms with Crippen molar-refractivity contribution in [2.45, 2.75) is 6.42 Å². The van der Waals surface area contributed by atoms with Crippen molar-refractivity contribution in [3.8, 4) is 28.6 Å². The summed E-state index contributed by atoms with van der Waals surface area (Å²) < 4.78 is 0. The number of aromatic nitrogens is 1. The van der Waals surface area contributed by atoms with Gasteiger partial charge in [0.2, 0.25) is 0 Å². The molecule has 3 rings (SSSR count). The molecule has 136 valence electrons. The van der Waals surface area contributed by atoms with E-state index in [9.17, 15) is 0 Å². The van der Waals surface area contributed by atoms with Crippen molar-refractivity contribution >= 4 is 69.6 Å². The van der Waals surface area contributed by atoms with Crippen molar-refractivity contribution in [2.24, 2.45) is 0 Å². The lowest BCUT2D eigenvalue weighted by atomic mass is 10.0. The summed E-state index contributed by atoms with van der Waals surface area (Å²) in [5, 5.41) is 11.2. The van der Waals surface area contributed by atoms with Crippen LogP contribution in [0.5, 0.6) is 0 Å². The van der Waals surface area contributed by atoms with Gasteiger partial charge in [0, 0.05) is 21.2 Å². The fraction of sp³-hybridized carbons (Fsp3) is 0.0526. The summed E-state index contributed by atoms with van der Waals surface area (Å²) in [6, 6.07) is 12.0. The highest BCUT2D eigenvalue weighted by Gasteiger charge is 2.16. The van der Waals surface area contributed by atoms with E-state index in [1.54, 1.807) is 36.4 Å². The number of benzene rings is 2. The molecule has 0 amide bonds. The minimum Gasteiger partial charge on any atom is -0.248 e. The fourth-order valence-corrected chi connectivity index (χ4v) is 3.94. The quantitative estimate of drug-likeness (QED) is 0.356. The van der Waals surface area contributed by atoms with E-state index >= 15 is 0 Å². The second kappa shape index (κ2) is 8.45. The van der Waals surface area contributed by atoms with Crippen molar-refractivity contribution in [1.29, 1.82) is 5.26 Å². The van der Waals surface area contributed by atoms with Gasteiger partial charge in [-0.15, -0.1) is 0 Å². The van der Waals surface area contributed by atoms with Crippen LogP contribution < -0.4 is 0 Å². The third kappa shape index (κ3) is 4.46. The molecule has 0 radical (unpaired) electrons. The predicted molar refractivity (Wildman–Crippen MR) is 114 cm³/mol. The number of rotatable bonds is 3. The molecular weight excluding hydrogens is 469 g/mol. The van der Waals surface area contributed by atoms with Crippen LogP contribution in [0.2, 0.25) is 30.1 Å². The van der Waals surface area contributed by atoms with Gasteiger partial charge in [-0.25, -0.2) is 4.98 Å². The van der Waals surface area contributed by atoms with Crippen LogP contribution in [0.3, 0.4) is 0 Å². The molecule has 0 unspecified atom stereocenters. The summed E-state index contributed by atoms with van der Waals surface area (Å²) >= 11 is 37.2. The summed E-state index contributed by atoms with van der Waals surface area (Å²) in [5.41, 5.74) is 2.80. The zero-order valence-corrected chi connectivity index (χ0v) is 17.9. The van der Waals surface area contributed by atoms with Gasteiger partial charge in [-0.2, -0.15) is 5.26 Å². The Morgan fingerprint density at radius 2 is 1.15 bits per heavy atom. The molecule has 0 atom stereocenters. The van der Waals surface area contributed by atoms with Gasteiger partial charge in [0.15, 0.2) is 0 Å². The average Bonchev–Trinajstić information content (AvgIpc) is 2.61. The van der Waals surface area contributed by atoms with E-state index in [2.05, 4.69) is 11.1 Å². The van der Waals surface area contributed by atoms with Gasteiger partial charge in [-0.3, -0.25) is 0 Å². The normalized spacial score (nSPS) is 10.7. The zero-order valence-electron chi connectivity index (χ0n) is 13.3. The van der Waals surface area contributed by atoms with Crippen LogP contribution >= 0.6 is 69.6 Å². The van der Waals surface area contributed by atoms with Crippen LogP contribution in [0.25, 0.3) is 22.5 Å². The molecule has 2 nitrogen and oxygen atoms in total. The minimum absolute atomic E-state index is 0.167. The van der Waals surface area contributed by atoms with Crippen molar-refractivity contribution in [1.82, 2.24) is 4.98 Å². The predicted octanol–water partition coefficient (Wildman–Crippen LogP) is 8.40. The monoisotopic (exact) mass is 474 g/mol. The van der Waals surface area contributed by atoms with Crippen LogP contribution in [0.4, 0.5) is 0 Å². The Morgan fingerprint density at radius 3 is 1.56 bits per heavy atom. The highest BCUT2D eigenvalue weighted by molar-refractivity contribution is 6.45. The maximum Gasteiger partial charge on any atom is 0.0728 e. The van der Waals surface area contributed by atoms with E-state index in [0.29, 0.717) is 52.7 Å². The molecule has 0 bridgehead atoms. The number of hydrogen-bond donors (Lipinski definition) is 0. The lowest BCUT2D eigenvalue weighted by molar-refractivity contribution is 1.22. The van der Waals surface area contributed by atoms with Crippen LogP contribution in [0, 0.1) is 11.3 Å². The van der Waals surface area contributed by atoms with Gasteiger partial charge < -0.3 is 0 Å². The van der Waals surface area contributed by atoms with Crippen LogP contribution in [-0.4, -0.2) is 4.98 Å². The third-order valence-corrected chi connectivity index (χ3v) is 5.75. The lowest BCUT2D eigenvalue weighted by Gasteiger charge is -2.12. The molecule has 0 aliphatic heterocycles. The van der Waals surface area contributed by atoms with Gasteiger partial charge in [0.05, 0.1) is 44.0 Å². The van der Waals surface area contributed by atoms with Gasteiger partial charge >= 0.3 is 0 Å². The average molecular weight is 477 g/mol. The molecule has 0 aliphatic carbocycles. The second-order valence-corrected chi connectivity index (χ2v) is 8.02. The zero-order chi connectivity index (χ0) is 19.7. The molecule has 0 spiro atoms. The Hall–Kier alpha value is -1.18. The van der Waals surface area contributed by atoms with E-state index in [4.69, 9.17) is 74.9 Å². The smallest absolute Gasteiger partial charge is 0.0728 e. The first kappa shape index (κ1) is 20.6. The van der Waals surface area contributed by atoms with Crippen molar-refractivity contribution in [3.63, 3.8) is 0 Å². The Labute approximate surface area is 186 Å².